The van der Waals surface area contributed by atoms with Crippen LogP contribution < -0.4 is 15.6 Å². The molecule has 43 heavy (non-hydrogen) atoms. The first-order chi connectivity index (χ1) is 20.5. The van der Waals surface area contributed by atoms with Crippen LogP contribution in [-0.4, -0.2) is 89.3 Å². The van der Waals surface area contributed by atoms with E-state index in [1.54, 1.807) is 16.3 Å². The number of halogens is 2. The molecule has 2 aliphatic carbocycles. The van der Waals surface area contributed by atoms with Crippen LogP contribution in [0.2, 0.25) is 0 Å². The summed E-state index contributed by atoms with van der Waals surface area (Å²) < 4.78 is 40.7. The van der Waals surface area contributed by atoms with Crippen molar-refractivity contribution in [2.24, 2.45) is 23.7 Å². The fourth-order valence-corrected chi connectivity index (χ4v) is 10.7. The standard InChI is InChI=1S/C30H41ClFN5O4S2/c1-17-34-26-8-7-21(36-14-20(32)15-36)13-24(26)30(39)37(17)11-3-4-18-5-6-19(31)12-23(18)22-9-10-33-27-25(16-42-28(22)27)29(38)35-43(2,40)41/h18-23,25,27-28,33H,5-16H2,1-2H3,(H,35,38). The van der Waals surface area contributed by atoms with E-state index in [9.17, 15) is 22.4 Å². The summed E-state index contributed by atoms with van der Waals surface area (Å²) >= 11 is 8.46. The number of rotatable bonds is 5. The number of fused-ring (bicyclic) bond motifs is 2. The van der Waals surface area contributed by atoms with Gasteiger partial charge in [-0.2, -0.15) is 11.8 Å². The molecule has 9 nitrogen and oxygen atoms in total. The number of aryl methyl sites for hydroxylation is 2. The second kappa shape index (κ2) is 12.6. The Labute approximate surface area is 262 Å². The van der Waals surface area contributed by atoms with Crippen molar-refractivity contribution in [3.05, 3.63) is 27.4 Å². The van der Waals surface area contributed by atoms with Gasteiger partial charge in [0.05, 0.1) is 24.4 Å². The molecule has 0 radical (unpaired) electrons. The number of carbonyl (C=O) groups is 1. The Balaban J connectivity index is 1.17. The smallest absolute Gasteiger partial charge is 0.257 e. The summed E-state index contributed by atoms with van der Waals surface area (Å²) in [7, 11) is -3.62. The van der Waals surface area contributed by atoms with Crippen LogP contribution in [-0.2, 0) is 34.2 Å². The fraction of sp³-hybridized carbons (Fsp3) is 0.767. The summed E-state index contributed by atoms with van der Waals surface area (Å²) in [4.78, 5) is 33.3. The topological polar surface area (TPSA) is 113 Å². The van der Waals surface area contributed by atoms with Gasteiger partial charge >= 0.3 is 0 Å². The van der Waals surface area contributed by atoms with Gasteiger partial charge in [0, 0.05) is 53.0 Å². The molecule has 4 fully saturated rings. The van der Waals surface area contributed by atoms with Crippen molar-refractivity contribution >= 4 is 39.3 Å². The SMILES string of the molecule is Cc1nc2c(c(=O)n1CC#CC1CCC(Cl)CC1C1CCNC3C(C(=O)NS(C)(=O)=O)CSC13)CC(N1CC(F)C1)CC2. The third kappa shape index (κ3) is 6.67. The zero-order valence-electron chi connectivity index (χ0n) is 24.7. The van der Waals surface area contributed by atoms with Crippen LogP contribution in [0.1, 0.15) is 49.2 Å². The molecule has 1 amide bonds. The predicted molar refractivity (Wildman–Crippen MR) is 166 cm³/mol. The van der Waals surface area contributed by atoms with Crippen LogP contribution in [0.25, 0.3) is 0 Å². The van der Waals surface area contributed by atoms with E-state index in [2.05, 4.69) is 26.8 Å². The lowest BCUT2D eigenvalue weighted by atomic mass is 9.67. The maximum atomic E-state index is 13.6. The van der Waals surface area contributed by atoms with E-state index in [4.69, 9.17) is 16.6 Å². The molecular weight excluding hydrogens is 613 g/mol. The molecule has 4 heterocycles. The van der Waals surface area contributed by atoms with Crippen LogP contribution in [0.5, 0.6) is 0 Å². The molecular formula is C30H41ClFN5O4S2. The van der Waals surface area contributed by atoms with Gasteiger partial charge in [-0.25, -0.2) is 17.8 Å². The first-order valence-corrected chi connectivity index (χ1v) is 18.8. The number of nitrogens with zero attached hydrogens (tertiary/aromatic N) is 3. The Bertz CT molecular complexity index is 1470. The number of likely N-dealkylation sites (tertiary alicyclic amines) is 1. The van der Waals surface area contributed by atoms with Gasteiger partial charge in [-0.05, 0) is 70.3 Å². The molecule has 0 aromatic carbocycles. The maximum absolute atomic E-state index is 13.6. The lowest BCUT2D eigenvalue weighted by molar-refractivity contribution is -0.123. The van der Waals surface area contributed by atoms with Crippen molar-refractivity contribution in [1.29, 1.82) is 0 Å². The minimum atomic E-state index is -3.62. The average molecular weight is 654 g/mol. The third-order valence-corrected chi connectivity index (χ3v) is 12.7. The second-order valence-corrected chi connectivity index (χ2v) is 16.6. The molecule has 0 bridgehead atoms. The van der Waals surface area contributed by atoms with E-state index >= 15 is 0 Å². The number of nitrogens with one attached hydrogen (secondary N) is 2. The van der Waals surface area contributed by atoms with Crippen LogP contribution >= 0.6 is 23.4 Å². The van der Waals surface area contributed by atoms with Gasteiger partial charge in [0.25, 0.3) is 5.56 Å². The molecule has 6 rings (SSSR count). The van der Waals surface area contributed by atoms with E-state index < -0.39 is 28.0 Å². The summed E-state index contributed by atoms with van der Waals surface area (Å²) in [6.07, 6.45) is 6.09. The highest BCUT2D eigenvalue weighted by atomic mass is 35.5. The van der Waals surface area contributed by atoms with Crippen molar-refractivity contribution in [2.75, 3.05) is 31.6 Å². The summed E-state index contributed by atoms with van der Waals surface area (Å²) in [6, 6.07) is 0.107. The first kappa shape index (κ1) is 31.3. The number of hydrogen-bond donors (Lipinski definition) is 2. The molecule has 3 saturated heterocycles. The molecule has 0 spiro atoms. The zero-order chi connectivity index (χ0) is 30.5. The minimum Gasteiger partial charge on any atom is -0.312 e. The second-order valence-electron chi connectivity index (χ2n) is 13.0. The van der Waals surface area contributed by atoms with Crippen molar-refractivity contribution in [2.45, 2.75) is 87.3 Å². The zero-order valence-corrected chi connectivity index (χ0v) is 27.1. The number of thioether (sulfide) groups is 1. The van der Waals surface area contributed by atoms with Gasteiger partial charge in [0.2, 0.25) is 15.9 Å². The van der Waals surface area contributed by atoms with Crippen LogP contribution in [0.4, 0.5) is 4.39 Å². The van der Waals surface area contributed by atoms with Gasteiger partial charge in [-0.1, -0.05) is 11.8 Å². The third-order valence-electron chi connectivity index (χ3n) is 10.1. The van der Waals surface area contributed by atoms with E-state index in [0.29, 0.717) is 37.0 Å². The Morgan fingerprint density at radius 3 is 2.77 bits per heavy atom. The number of carbonyl (C=O) groups excluding carboxylic acids is 1. The fourth-order valence-electron chi connectivity index (χ4n) is 7.96. The van der Waals surface area contributed by atoms with E-state index in [1.807, 2.05) is 6.92 Å². The number of hydrogen-bond acceptors (Lipinski definition) is 8. The molecule has 8 atom stereocenters. The molecule has 236 valence electrons. The van der Waals surface area contributed by atoms with Crippen LogP contribution in [0, 0.1) is 42.4 Å². The van der Waals surface area contributed by atoms with Crippen LogP contribution in [0.3, 0.4) is 0 Å². The number of sulfonamides is 1. The number of piperidine rings is 1. The lowest BCUT2D eigenvalue weighted by Gasteiger charge is -2.44. The number of aromatic nitrogens is 2. The van der Waals surface area contributed by atoms with Crippen molar-refractivity contribution in [3.8, 4) is 11.8 Å². The highest BCUT2D eigenvalue weighted by Crippen LogP contribution is 2.48. The minimum absolute atomic E-state index is 0.0261. The largest absolute Gasteiger partial charge is 0.312 e. The summed E-state index contributed by atoms with van der Waals surface area (Å²) in [6.45, 7) is 3.81. The average Bonchev–Trinajstić information content (AvgIpc) is 3.37. The van der Waals surface area contributed by atoms with Gasteiger partial charge < -0.3 is 5.32 Å². The molecule has 3 aliphatic heterocycles. The Morgan fingerprint density at radius 1 is 1.23 bits per heavy atom. The quantitative estimate of drug-likeness (QED) is 0.366. The lowest BCUT2D eigenvalue weighted by Crippen LogP contribution is -2.55. The van der Waals surface area contributed by atoms with Crippen molar-refractivity contribution < 1.29 is 17.6 Å². The Hall–Kier alpha value is -1.65. The predicted octanol–water partition coefficient (Wildman–Crippen LogP) is 1.88. The van der Waals surface area contributed by atoms with E-state index in [1.165, 1.54) is 0 Å². The van der Waals surface area contributed by atoms with Gasteiger partial charge in [0.15, 0.2) is 0 Å². The Morgan fingerprint density at radius 2 is 2.02 bits per heavy atom. The normalized spacial score (nSPS) is 34.8. The van der Waals surface area contributed by atoms with E-state index in [-0.39, 0.29) is 46.7 Å². The first-order valence-electron chi connectivity index (χ1n) is 15.4. The summed E-state index contributed by atoms with van der Waals surface area (Å²) in [5.41, 5.74) is 1.60. The molecule has 2 N–H and O–H groups in total. The van der Waals surface area contributed by atoms with Gasteiger partial charge in [-0.15, -0.1) is 11.6 Å². The molecule has 5 aliphatic rings. The molecule has 1 saturated carbocycles. The van der Waals surface area contributed by atoms with Gasteiger partial charge in [-0.3, -0.25) is 23.8 Å². The number of alkyl halides is 2. The Kier molecular flexibility index (Phi) is 9.20. The molecule has 1 aromatic rings. The molecule has 8 unspecified atom stereocenters. The number of amides is 1. The van der Waals surface area contributed by atoms with Crippen LogP contribution in [0.15, 0.2) is 4.79 Å². The molecule has 1 aromatic heterocycles. The monoisotopic (exact) mass is 653 g/mol. The van der Waals surface area contributed by atoms with E-state index in [0.717, 1.165) is 62.6 Å². The van der Waals surface area contributed by atoms with Crippen molar-refractivity contribution in [3.63, 3.8) is 0 Å². The summed E-state index contributed by atoms with van der Waals surface area (Å²) in [5, 5.41) is 3.76. The summed E-state index contributed by atoms with van der Waals surface area (Å²) in [5.74, 6) is 7.98. The van der Waals surface area contributed by atoms with Crippen molar-refractivity contribution in [1.82, 2.24) is 24.5 Å². The maximum Gasteiger partial charge on any atom is 0.257 e. The van der Waals surface area contributed by atoms with Gasteiger partial charge in [0.1, 0.15) is 12.0 Å². The highest BCUT2D eigenvalue weighted by Gasteiger charge is 2.50. The highest BCUT2D eigenvalue weighted by molar-refractivity contribution is 8.00. The molecule has 13 heteroatoms.